The number of ether oxygens (including phenoxy) is 1. The first kappa shape index (κ1) is 24.6. The summed E-state index contributed by atoms with van der Waals surface area (Å²) < 4.78 is 5.92. The Morgan fingerprint density at radius 1 is 0.912 bits per heavy atom. The fraction of sp³-hybridized carbons (Fsp3) is 0.296. The zero-order valence-corrected chi connectivity index (χ0v) is 20.6. The molecule has 0 saturated carbocycles. The molecule has 0 bridgehead atoms. The first-order valence-electron chi connectivity index (χ1n) is 11.5. The van der Waals surface area contributed by atoms with Crippen molar-refractivity contribution in [3.8, 4) is 5.75 Å². The number of hydrogen-bond acceptors (Lipinski definition) is 5. The summed E-state index contributed by atoms with van der Waals surface area (Å²) in [5.41, 5.74) is 1.63. The molecule has 5 nitrogen and oxygen atoms in total. The van der Waals surface area contributed by atoms with E-state index in [2.05, 4.69) is 21.9 Å². The van der Waals surface area contributed by atoms with Crippen molar-refractivity contribution in [1.29, 1.82) is 0 Å². The van der Waals surface area contributed by atoms with Gasteiger partial charge in [-0.1, -0.05) is 47.6 Å². The summed E-state index contributed by atoms with van der Waals surface area (Å²) in [6.07, 6.45) is 0.986. The number of piperazine rings is 1. The number of aromatic carboxylic acids is 1. The van der Waals surface area contributed by atoms with E-state index in [1.807, 2.05) is 48.5 Å². The maximum absolute atomic E-state index is 11.4. The first-order chi connectivity index (χ1) is 16.6. The third-order valence-electron chi connectivity index (χ3n) is 5.84. The van der Waals surface area contributed by atoms with E-state index in [0.29, 0.717) is 12.2 Å². The van der Waals surface area contributed by atoms with Crippen molar-refractivity contribution in [3.63, 3.8) is 0 Å². The topological polar surface area (TPSA) is 53.0 Å². The predicted octanol–water partition coefficient (Wildman–Crippen LogP) is 5.78. The Bertz CT molecular complexity index is 1070. The lowest BCUT2D eigenvalue weighted by molar-refractivity contribution is 0.0693. The van der Waals surface area contributed by atoms with Crippen LogP contribution >= 0.6 is 23.4 Å². The SMILES string of the molecule is O=C(O)c1ccccc1Sc1ccc(OCCCN2CCN(Cc3ccc(Cl)cc3)CC2)cc1. The third-order valence-corrected chi connectivity index (χ3v) is 7.18. The van der Waals surface area contributed by atoms with Gasteiger partial charge >= 0.3 is 5.97 Å². The van der Waals surface area contributed by atoms with Crippen LogP contribution in [-0.2, 0) is 6.54 Å². The smallest absolute Gasteiger partial charge is 0.336 e. The fourth-order valence-electron chi connectivity index (χ4n) is 3.96. The van der Waals surface area contributed by atoms with Crippen LogP contribution in [-0.4, -0.2) is 60.2 Å². The summed E-state index contributed by atoms with van der Waals surface area (Å²) in [4.78, 5) is 18.1. The molecule has 1 heterocycles. The number of hydrogen-bond donors (Lipinski definition) is 1. The molecule has 0 unspecified atom stereocenters. The van der Waals surface area contributed by atoms with Gasteiger partial charge in [-0.3, -0.25) is 4.90 Å². The predicted molar refractivity (Wildman–Crippen MR) is 137 cm³/mol. The highest BCUT2D eigenvalue weighted by Crippen LogP contribution is 2.31. The molecule has 1 fully saturated rings. The monoisotopic (exact) mass is 496 g/mol. The van der Waals surface area contributed by atoms with Gasteiger partial charge < -0.3 is 14.7 Å². The molecule has 0 atom stereocenters. The molecule has 3 aromatic carbocycles. The van der Waals surface area contributed by atoms with Crippen molar-refractivity contribution in [2.75, 3.05) is 39.3 Å². The van der Waals surface area contributed by atoms with Crippen LogP contribution in [0.25, 0.3) is 0 Å². The van der Waals surface area contributed by atoms with E-state index >= 15 is 0 Å². The summed E-state index contributed by atoms with van der Waals surface area (Å²) in [6, 6.07) is 23.0. The van der Waals surface area contributed by atoms with Gasteiger partial charge in [0.2, 0.25) is 0 Å². The van der Waals surface area contributed by atoms with Crippen LogP contribution in [0.15, 0.2) is 82.6 Å². The van der Waals surface area contributed by atoms with Crippen molar-refractivity contribution in [1.82, 2.24) is 9.80 Å². The average Bonchev–Trinajstić information content (AvgIpc) is 2.85. The van der Waals surface area contributed by atoms with E-state index in [4.69, 9.17) is 16.3 Å². The molecule has 1 N–H and O–H groups in total. The van der Waals surface area contributed by atoms with Gasteiger partial charge in [0, 0.05) is 54.1 Å². The minimum atomic E-state index is -0.911. The van der Waals surface area contributed by atoms with E-state index in [0.717, 1.165) is 66.3 Å². The normalized spacial score (nSPS) is 14.7. The number of carboxylic acid groups (broad SMARTS) is 1. The van der Waals surface area contributed by atoms with E-state index in [9.17, 15) is 9.90 Å². The molecule has 178 valence electrons. The number of carbonyl (C=O) groups is 1. The molecule has 34 heavy (non-hydrogen) atoms. The lowest BCUT2D eigenvalue weighted by Crippen LogP contribution is -2.46. The van der Waals surface area contributed by atoms with Crippen molar-refractivity contribution < 1.29 is 14.6 Å². The standard InChI is InChI=1S/C27H29ClN2O3S/c28-22-8-6-21(7-9-22)20-30-17-15-29(16-18-30)14-3-19-33-23-10-12-24(13-11-23)34-26-5-2-1-4-25(26)27(31)32/h1-2,4-13H,3,14-20H2,(H,31,32). The van der Waals surface area contributed by atoms with E-state index in [1.165, 1.54) is 17.3 Å². The molecule has 1 saturated heterocycles. The Labute approximate surface area is 210 Å². The van der Waals surface area contributed by atoms with Gasteiger partial charge in [0.25, 0.3) is 0 Å². The molecular weight excluding hydrogens is 468 g/mol. The lowest BCUT2D eigenvalue weighted by atomic mass is 10.2. The maximum Gasteiger partial charge on any atom is 0.336 e. The highest BCUT2D eigenvalue weighted by atomic mass is 35.5. The van der Waals surface area contributed by atoms with Gasteiger partial charge in [-0.15, -0.1) is 0 Å². The lowest BCUT2D eigenvalue weighted by Gasteiger charge is -2.34. The van der Waals surface area contributed by atoms with Gasteiger partial charge in [0.05, 0.1) is 12.2 Å². The van der Waals surface area contributed by atoms with Crippen molar-refractivity contribution >= 4 is 29.3 Å². The van der Waals surface area contributed by atoms with Crippen LogP contribution in [0.2, 0.25) is 5.02 Å². The quantitative estimate of drug-likeness (QED) is 0.359. The van der Waals surface area contributed by atoms with Crippen molar-refractivity contribution in [2.24, 2.45) is 0 Å². The average molecular weight is 497 g/mol. The van der Waals surface area contributed by atoms with E-state index < -0.39 is 5.97 Å². The summed E-state index contributed by atoms with van der Waals surface area (Å²) in [6.45, 7) is 7.01. The second kappa shape index (κ2) is 12.3. The molecular formula is C27H29ClN2O3S. The molecule has 1 aliphatic rings. The number of carboxylic acids is 1. The van der Waals surface area contributed by atoms with Crippen LogP contribution in [0.4, 0.5) is 0 Å². The zero-order valence-electron chi connectivity index (χ0n) is 19.0. The fourth-order valence-corrected chi connectivity index (χ4v) is 5.02. The Balaban J connectivity index is 1.14. The highest BCUT2D eigenvalue weighted by Gasteiger charge is 2.16. The van der Waals surface area contributed by atoms with E-state index in [1.54, 1.807) is 12.1 Å². The second-order valence-electron chi connectivity index (χ2n) is 8.32. The number of halogens is 1. The Kier molecular flexibility index (Phi) is 8.88. The van der Waals surface area contributed by atoms with Crippen LogP contribution in [0, 0.1) is 0 Å². The van der Waals surface area contributed by atoms with Crippen molar-refractivity contribution in [2.45, 2.75) is 22.8 Å². The Morgan fingerprint density at radius 3 is 2.29 bits per heavy atom. The van der Waals surface area contributed by atoms with Crippen LogP contribution < -0.4 is 4.74 Å². The maximum atomic E-state index is 11.4. The van der Waals surface area contributed by atoms with Gasteiger partial charge in [-0.2, -0.15) is 0 Å². The minimum absolute atomic E-state index is 0.318. The highest BCUT2D eigenvalue weighted by molar-refractivity contribution is 7.99. The Morgan fingerprint density at radius 2 is 1.59 bits per heavy atom. The molecule has 4 rings (SSSR count). The summed E-state index contributed by atoms with van der Waals surface area (Å²) in [7, 11) is 0. The molecule has 0 radical (unpaired) electrons. The van der Waals surface area contributed by atoms with Crippen LogP contribution in [0.1, 0.15) is 22.3 Å². The van der Waals surface area contributed by atoms with Gasteiger partial charge in [0.1, 0.15) is 5.75 Å². The van der Waals surface area contributed by atoms with Gasteiger partial charge in [-0.05, 0) is 60.5 Å². The summed E-state index contributed by atoms with van der Waals surface area (Å²) in [5, 5.41) is 10.1. The molecule has 7 heteroatoms. The number of benzene rings is 3. The van der Waals surface area contributed by atoms with Crippen molar-refractivity contribution in [3.05, 3.63) is 88.9 Å². The number of rotatable bonds is 10. The molecule has 3 aromatic rings. The molecule has 0 aromatic heterocycles. The molecule has 0 amide bonds. The summed E-state index contributed by atoms with van der Waals surface area (Å²) >= 11 is 7.42. The zero-order chi connectivity index (χ0) is 23.8. The summed E-state index contributed by atoms with van der Waals surface area (Å²) in [5.74, 6) is -0.0744. The second-order valence-corrected chi connectivity index (χ2v) is 9.87. The van der Waals surface area contributed by atoms with Gasteiger partial charge in [-0.25, -0.2) is 4.79 Å². The first-order valence-corrected chi connectivity index (χ1v) is 12.7. The number of nitrogens with zero attached hydrogens (tertiary/aromatic N) is 2. The Hall–Kier alpha value is -2.51. The largest absolute Gasteiger partial charge is 0.494 e. The molecule has 0 spiro atoms. The third kappa shape index (κ3) is 7.24. The molecule has 0 aliphatic carbocycles. The van der Waals surface area contributed by atoms with Crippen LogP contribution in [0.5, 0.6) is 5.75 Å². The van der Waals surface area contributed by atoms with Gasteiger partial charge in [0.15, 0.2) is 0 Å². The molecule has 1 aliphatic heterocycles. The minimum Gasteiger partial charge on any atom is -0.494 e. The van der Waals surface area contributed by atoms with E-state index in [-0.39, 0.29) is 0 Å². The van der Waals surface area contributed by atoms with Crippen LogP contribution in [0.3, 0.4) is 0 Å².